The van der Waals surface area contributed by atoms with Crippen LogP contribution in [0.25, 0.3) is 50.4 Å². The summed E-state index contributed by atoms with van der Waals surface area (Å²) in [6, 6.07) is 25.8. The molecule has 10 rings (SSSR count). The number of anilines is 6. The second kappa shape index (κ2) is 19.6. The first-order valence-corrected chi connectivity index (χ1v) is 23.2. The highest BCUT2D eigenvalue weighted by Crippen LogP contribution is 2.35. The molecule has 2 atom stereocenters. The molecule has 2 amide bonds. The number of piperidine rings is 2. The van der Waals surface area contributed by atoms with E-state index < -0.39 is 0 Å². The Morgan fingerprint density at radius 1 is 0.676 bits per heavy atom. The number of carbonyl (C=O) groups excluding carboxylic acids is 2. The van der Waals surface area contributed by atoms with Crippen LogP contribution in [0, 0.1) is 0 Å². The van der Waals surface area contributed by atoms with Gasteiger partial charge in [-0.2, -0.15) is 0 Å². The fourth-order valence-corrected chi connectivity index (χ4v) is 9.30. The Bertz CT molecular complexity index is 3170. The van der Waals surface area contributed by atoms with E-state index in [4.69, 9.17) is 38.2 Å². The third-order valence-corrected chi connectivity index (χ3v) is 12.8. The van der Waals surface area contributed by atoms with E-state index >= 15 is 0 Å². The van der Waals surface area contributed by atoms with Crippen molar-refractivity contribution in [1.82, 2.24) is 34.9 Å². The van der Waals surface area contributed by atoms with Gasteiger partial charge in [-0.3, -0.25) is 9.59 Å². The number of halogens is 2. The average Bonchev–Trinajstić information content (AvgIpc) is 4.00. The zero-order valence-electron chi connectivity index (χ0n) is 36.8. The van der Waals surface area contributed by atoms with Crippen LogP contribution in [0.1, 0.15) is 31.2 Å². The van der Waals surface area contributed by atoms with Gasteiger partial charge in [-0.1, -0.05) is 60.1 Å². The highest BCUT2D eigenvalue weighted by Gasteiger charge is 2.24. The summed E-state index contributed by atoms with van der Waals surface area (Å²) in [7, 11) is 0. The predicted molar refractivity (Wildman–Crippen MR) is 274 cm³/mol. The molecule has 0 unspecified atom stereocenters. The van der Waals surface area contributed by atoms with E-state index in [2.05, 4.69) is 57.6 Å². The van der Waals surface area contributed by atoms with E-state index in [0.29, 0.717) is 45.6 Å². The number of nitrogens with one attached hydrogen (secondary N) is 6. The zero-order valence-corrected chi connectivity index (χ0v) is 38.4. The highest BCUT2D eigenvalue weighted by molar-refractivity contribution is 6.33. The summed E-state index contributed by atoms with van der Waals surface area (Å²) in [6.45, 7) is 6.77. The minimum Gasteiger partial charge on any atom is -0.369 e. The lowest BCUT2D eigenvalue weighted by molar-refractivity contribution is -0.112. The second-order valence-corrected chi connectivity index (χ2v) is 17.7. The van der Waals surface area contributed by atoms with Crippen molar-refractivity contribution in [2.75, 3.05) is 57.2 Å². The van der Waals surface area contributed by atoms with Crippen molar-refractivity contribution in [2.45, 2.75) is 37.8 Å². The predicted octanol–water partition coefficient (Wildman–Crippen LogP) is 10.2. The van der Waals surface area contributed by atoms with Crippen LogP contribution < -0.4 is 31.1 Å². The Morgan fingerprint density at radius 3 is 1.97 bits per heavy atom. The monoisotopic (exact) mass is 943 g/mol. The van der Waals surface area contributed by atoms with Crippen molar-refractivity contribution in [3.63, 3.8) is 0 Å². The van der Waals surface area contributed by atoms with E-state index in [1.807, 2.05) is 91.3 Å². The van der Waals surface area contributed by atoms with Gasteiger partial charge in [0.2, 0.25) is 23.7 Å². The molecule has 0 aliphatic carbocycles. The summed E-state index contributed by atoms with van der Waals surface area (Å²) < 4.78 is 0. The molecule has 68 heavy (non-hydrogen) atoms. The minimum absolute atomic E-state index is 0.0991. The lowest BCUT2D eigenvalue weighted by Gasteiger charge is -2.35. The van der Waals surface area contributed by atoms with Gasteiger partial charge in [-0.15, -0.1) is 0 Å². The fourth-order valence-electron chi connectivity index (χ4n) is 8.91. The molecule has 342 valence electrons. The Balaban J connectivity index is 0.735. The first-order chi connectivity index (χ1) is 33.2. The minimum atomic E-state index is -0.273. The molecule has 17 heteroatoms. The summed E-state index contributed by atoms with van der Waals surface area (Å²) in [6.07, 6.45) is 17.2. The number of H-pyrrole nitrogens is 2. The van der Waals surface area contributed by atoms with Crippen LogP contribution in [-0.4, -0.2) is 85.0 Å². The van der Waals surface area contributed by atoms with Gasteiger partial charge in [0.05, 0.1) is 45.7 Å². The van der Waals surface area contributed by atoms with E-state index in [9.17, 15) is 9.59 Å². The number of rotatable bonds is 13. The summed E-state index contributed by atoms with van der Waals surface area (Å²) in [5.41, 5.74) is 8.18. The van der Waals surface area contributed by atoms with Crippen molar-refractivity contribution in [3.05, 3.63) is 144 Å². The number of carbonyl (C=O) groups is 2. The lowest BCUT2D eigenvalue weighted by atomic mass is 10.0. The third kappa shape index (κ3) is 9.85. The number of aromatic nitrogens is 7. The lowest BCUT2D eigenvalue weighted by Crippen LogP contribution is -2.42. The SMILES string of the molecule is C=CC(=O)Nc1ccc(N2CCC[C@@H](Nc3ncc(Cl)c(-c4c[nH]c5cc(/C=C/C(=O)Nc6ccc(N7CCC[C@@H](Nc8ncc(Cl)c(-c9c[nH]c%10ccccc9%10)n8)C7)nc6)ccc45)n3)C2)cc1. The van der Waals surface area contributed by atoms with Gasteiger partial charge in [0.25, 0.3) is 0 Å². The molecule has 6 N–H and O–H groups in total. The van der Waals surface area contributed by atoms with Crippen LogP contribution in [0.2, 0.25) is 10.0 Å². The average molecular weight is 945 g/mol. The highest BCUT2D eigenvalue weighted by atomic mass is 35.5. The maximum Gasteiger partial charge on any atom is 0.248 e. The molecule has 2 aliphatic rings. The largest absolute Gasteiger partial charge is 0.369 e. The summed E-state index contributed by atoms with van der Waals surface area (Å²) in [5, 5.41) is 15.7. The topological polar surface area (TPSA) is 185 Å². The van der Waals surface area contributed by atoms with Crippen molar-refractivity contribution < 1.29 is 9.59 Å². The first-order valence-electron chi connectivity index (χ1n) is 22.5. The quantitative estimate of drug-likeness (QED) is 0.0605. The van der Waals surface area contributed by atoms with Gasteiger partial charge in [-0.05, 0) is 91.9 Å². The molecule has 0 spiro atoms. The van der Waals surface area contributed by atoms with Gasteiger partial charge in [-0.25, -0.2) is 24.9 Å². The molecule has 8 aromatic rings. The molecule has 0 saturated carbocycles. The molecule has 2 aliphatic heterocycles. The molecule has 5 aromatic heterocycles. The van der Waals surface area contributed by atoms with Crippen LogP contribution in [0.3, 0.4) is 0 Å². The first kappa shape index (κ1) is 44.1. The van der Waals surface area contributed by atoms with Crippen LogP contribution in [0.15, 0.2) is 129 Å². The summed E-state index contributed by atoms with van der Waals surface area (Å²) in [4.78, 5) is 59.3. The second-order valence-electron chi connectivity index (χ2n) is 16.9. The van der Waals surface area contributed by atoms with Crippen LogP contribution in [0.4, 0.5) is 34.8 Å². The van der Waals surface area contributed by atoms with Gasteiger partial charge >= 0.3 is 0 Å². The van der Waals surface area contributed by atoms with Crippen molar-refractivity contribution in [1.29, 1.82) is 0 Å². The number of nitrogens with zero attached hydrogens (tertiary/aromatic N) is 7. The number of hydrogen-bond acceptors (Lipinski definition) is 11. The summed E-state index contributed by atoms with van der Waals surface area (Å²) in [5.74, 6) is 1.33. The van der Waals surface area contributed by atoms with E-state index in [1.54, 1.807) is 24.7 Å². The zero-order chi connectivity index (χ0) is 46.6. The van der Waals surface area contributed by atoms with Gasteiger partial charge in [0, 0.05) is 101 Å². The van der Waals surface area contributed by atoms with Crippen molar-refractivity contribution in [2.24, 2.45) is 0 Å². The number of para-hydroxylation sites is 1. The van der Waals surface area contributed by atoms with Crippen molar-refractivity contribution >= 4 is 97.7 Å². The number of aromatic amines is 2. The van der Waals surface area contributed by atoms with Crippen LogP contribution in [-0.2, 0) is 9.59 Å². The Kier molecular flexibility index (Phi) is 12.7. The van der Waals surface area contributed by atoms with E-state index in [-0.39, 0.29) is 23.9 Å². The molecule has 2 fully saturated rings. The number of amides is 2. The standard InChI is InChI=1S/C51H47Cl2N13O2/c1-2-46(67)59-32-13-16-36(17-14-32)65-21-5-7-34(29-65)61-50-57-28-42(53)49(64-50)40-26-55-44-23-31(11-18-38(40)44)12-20-47(68)60-33-15-19-45(56-24-33)66-22-6-8-35(30-66)62-51-58-27-41(52)48(63-51)39-25-54-43-10-4-3-9-37(39)43/h2-4,9-20,23-28,34-35,54-55H,1,5-8,21-22,29-30H2,(H,59,67)(H,60,68)(H,57,61,64)(H,58,62,63)/b20-12+/t34-,35-/m1/s1. The molecular formula is C51H47Cl2N13O2. The molecule has 0 bridgehead atoms. The molecule has 0 radical (unpaired) electrons. The molecule has 3 aromatic carbocycles. The molecule has 15 nitrogen and oxygen atoms in total. The van der Waals surface area contributed by atoms with Gasteiger partial charge in [0.1, 0.15) is 5.82 Å². The van der Waals surface area contributed by atoms with Gasteiger partial charge < -0.3 is 41.0 Å². The molecular weight excluding hydrogens is 898 g/mol. The third-order valence-electron chi connectivity index (χ3n) is 12.3. The van der Waals surface area contributed by atoms with E-state index in [1.165, 1.54) is 12.2 Å². The maximum atomic E-state index is 13.1. The number of benzene rings is 3. The Morgan fingerprint density at radius 2 is 1.29 bits per heavy atom. The van der Waals surface area contributed by atoms with Crippen molar-refractivity contribution in [3.8, 4) is 22.5 Å². The van der Waals surface area contributed by atoms with Crippen LogP contribution in [0.5, 0.6) is 0 Å². The number of fused-ring (bicyclic) bond motifs is 2. The number of pyridine rings is 1. The normalized spacial score (nSPS) is 16.3. The van der Waals surface area contributed by atoms with E-state index in [0.717, 1.165) is 101 Å². The molecule has 2 saturated heterocycles. The molecule has 7 heterocycles. The maximum absolute atomic E-state index is 13.1. The Hall–Kier alpha value is -7.75. The fraction of sp³-hybridized carbons (Fsp3) is 0.196. The summed E-state index contributed by atoms with van der Waals surface area (Å²) >= 11 is 13.3. The number of hydrogen-bond donors (Lipinski definition) is 6. The van der Waals surface area contributed by atoms with Crippen LogP contribution >= 0.6 is 23.2 Å². The van der Waals surface area contributed by atoms with Gasteiger partial charge in [0.15, 0.2) is 0 Å². The Labute approximate surface area is 402 Å². The smallest absolute Gasteiger partial charge is 0.248 e.